The Kier molecular flexibility index (Phi) is 6.46. The highest BCUT2D eigenvalue weighted by atomic mass is 79.9. The highest BCUT2D eigenvalue weighted by Crippen LogP contribution is 2.26. The molecule has 2 aromatic carbocycles. The van der Waals surface area contributed by atoms with E-state index in [1.165, 1.54) is 6.07 Å². The highest BCUT2D eigenvalue weighted by Gasteiger charge is 2.26. The summed E-state index contributed by atoms with van der Waals surface area (Å²) in [5, 5.41) is 11.4. The first-order valence-corrected chi connectivity index (χ1v) is 10.8. The van der Waals surface area contributed by atoms with Crippen LogP contribution in [0.5, 0.6) is 5.75 Å². The third-order valence-electron chi connectivity index (χ3n) is 5.41. The summed E-state index contributed by atoms with van der Waals surface area (Å²) < 4.78 is 19.8. The van der Waals surface area contributed by atoms with Crippen molar-refractivity contribution in [3.63, 3.8) is 0 Å². The van der Waals surface area contributed by atoms with Crippen molar-refractivity contribution in [2.45, 2.75) is 12.8 Å². The summed E-state index contributed by atoms with van der Waals surface area (Å²) in [4.78, 5) is 14.7. The lowest BCUT2D eigenvalue weighted by Crippen LogP contribution is -2.38. The van der Waals surface area contributed by atoms with Gasteiger partial charge in [0.25, 0.3) is 0 Å². The van der Waals surface area contributed by atoms with Gasteiger partial charge in [0, 0.05) is 29.0 Å². The van der Waals surface area contributed by atoms with Crippen molar-refractivity contribution in [2.75, 3.05) is 30.4 Å². The number of methoxy groups -OCH3 is 1. The van der Waals surface area contributed by atoms with Gasteiger partial charge in [-0.25, -0.2) is 4.39 Å². The van der Waals surface area contributed by atoms with Crippen molar-refractivity contribution < 1.29 is 13.9 Å². The zero-order valence-corrected chi connectivity index (χ0v) is 18.6. The van der Waals surface area contributed by atoms with Crippen LogP contribution in [0.3, 0.4) is 0 Å². The number of benzene rings is 2. The maximum absolute atomic E-state index is 14.0. The number of aromatic nitrogens is 2. The van der Waals surface area contributed by atoms with Crippen LogP contribution in [0.4, 0.5) is 15.9 Å². The Morgan fingerprint density at radius 1 is 1.10 bits per heavy atom. The Bertz CT molecular complexity index is 1050. The van der Waals surface area contributed by atoms with Crippen molar-refractivity contribution in [2.24, 2.45) is 5.92 Å². The number of rotatable bonds is 5. The summed E-state index contributed by atoms with van der Waals surface area (Å²) in [6.07, 6.45) is 1.35. The molecular formula is C23H22BrFN4O2. The van der Waals surface area contributed by atoms with Crippen LogP contribution in [0.2, 0.25) is 0 Å². The number of nitrogens with zero attached hydrogens (tertiary/aromatic N) is 3. The molecule has 4 rings (SSSR count). The minimum atomic E-state index is -0.451. The van der Waals surface area contributed by atoms with E-state index in [0.717, 1.165) is 22.8 Å². The molecule has 0 aliphatic carbocycles. The van der Waals surface area contributed by atoms with Gasteiger partial charge >= 0.3 is 0 Å². The number of piperidine rings is 1. The average molecular weight is 485 g/mol. The molecule has 1 N–H and O–H groups in total. The topological polar surface area (TPSA) is 67.3 Å². The normalized spacial score (nSPS) is 14.4. The van der Waals surface area contributed by atoms with Crippen molar-refractivity contribution >= 4 is 33.3 Å². The second-order valence-corrected chi connectivity index (χ2v) is 8.30. The number of anilines is 2. The van der Waals surface area contributed by atoms with Gasteiger partial charge in [-0.15, -0.1) is 10.2 Å². The van der Waals surface area contributed by atoms with Crippen LogP contribution in [0.25, 0.3) is 11.3 Å². The van der Waals surface area contributed by atoms with Gasteiger partial charge in [-0.3, -0.25) is 4.79 Å². The maximum atomic E-state index is 14.0. The maximum Gasteiger partial charge on any atom is 0.227 e. The van der Waals surface area contributed by atoms with Gasteiger partial charge < -0.3 is 15.0 Å². The Hall–Kier alpha value is -3.00. The monoisotopic (exact) mass is 484 g/mol. The van der Waals surface area contributed by atoms with Gasteiger partial charge in [0.05, 0.1) is 18.5 Å². The molecule has 1 aromatic heterocycles. The molecule has 0 unspecified atom stereocenters. The second-order valence-electron chi connectivity index (χ2n) is 7.38. The molecule has 6 nitrogen and oxygen atoms in total. The van der Waals surface area contributed by atoms with E-state index in [1.807, 2.05) is 36.4 Å². The SMILES string of the molecule is COc1ccc(-c2ccc(N3CCC(C(=O)Nc4ccc(Br)cc4F)CC3)nn2)cc1. The van der Waals surface area contributed by atoms with Crippen LogP contribution in [0.15, 0.2) is 59.1 Å². The van der Waals surface area contributed by atoms with Crippen LogP contribution in [0.1, 0.15) is 12.8 Å². The lowest BCUT2D eigenvalue weighted by molar-refractivity contribution is -0.120. The quantitative estimate of drug-likeness (QED) is 0.557. The molecule has 2 heterocycles. The minimum absolute atomic E-state index is 0.151. The molecule has 1 fully saturated rings. The molecule has 0 bridgehead atoms. The van der Waals surface area contributed by atoms with E-state index >= 15 is 0 Å². The average Bonchev–Trinajstić information content (AvgIpc) is 2.81. The van der Waals surface area contributed by atoms with Gasteiger partial charge in [-0.1, -0.05) is 15.9 Å². The van der Waals surface area contributed by atoms with Gasteiger partial charge in [0.2, 0.25) is 5.91 Å². The number of carbonyl (C=O) groups excluding carboxylic acids is 1. The predicted molar refractivity (Wildman–Crippen MR) is 122 cm³/mol. The van der Waals surface area contributed by atoms with E-state index in [0.29, 0.717) is 30.4 Å². The lowest BCUT2D eigenvalue weighted by Gasteiger charge is -2.31. The second kappa shape index (κ2) is 9.43. The van der Waals surface area contributed by atoms with E-state index < -0.39 is 5.82 Å². The van der Waals surface area contributed by atoms with Crippen molar-refractivity contribution in [3.8, 4) is 17.0 Å². The van der Waals surface area contributed by atoms with E-state index in [4.69, 9.17) is 4.74 Å². The molecule has 0 atom stereocenters. The molecule has 1 aliphatic rings. The van der Waals surface area contributed by atoms with Gasteiger partial charge in [-0.2, -0.15) is 0 Å². The van der Waals surface area contributed by atoms with E-state index in [-0.39, 0.29) is 17.5 Å². The Labute approximate surface area is 188 Å². The highest BCUT2D eigenvalue weighted by molar-refractivity contribution is 9.10. The number of ether oxygens (including phenoxy) is 1. The molecule has 31 heavy (non-hydrogen) atoms. The number of hydrogen-bond donors (Lipinski definition) is 1. The first-order chi connectivity index (χ1) is 15.0. The van der Waals surface area contributed by atoms with Crippen molar-refractivity contribution in [1.29, 1.82) is 0 Å². The number of amides is 1. The number of carbonyl (C=O) groups is 1. The molecule has 8 heteroatoms. The Balaban J connectivity index is 1.34. The summed E-state index contributed by atoms with van der Waals surface area (Å²) in [6, 6.07) is 16.2. The molecule has 1 saturated heterocycles. The largest absolute Gasteiger partial charge is 0.497 e. The third-order valence-corrected chi connectivity index (χ3v) is 5.91. The predicted octanol–water partition coefficient (Wildman–Crippen LogP) is 4.91. The van der Waals surface area contributed by atoms with E-state index in [2.05, 4.69) is 36.3 Å². The molecule has 0 radical (unpaired) electrons. The summed E-state index contributed by atoms with van der Waals surface area (Å²) in [7, 11) is 1.63. The molecule has 0 spiro atoms. The number of nitrogens with one attached hydrogen (secondary N) is 1. The van der Waals surface area contributed by atoms with Crippen LogP contribution < -0.4 is 15.0 Å². The van der Waals surface area contributed by atoms with Crippen molar-refractivity contribution in [1.82, 2.24) is 10.2 Å². The van der Waals surface area contributed by atoms with Crippen LogP contribution in [0, 0.1) is 11.7 Å². The minimum Gasteiger partial charge on any atom is -0.497 e. The van der Waals surface area contributed by atoms with Gasteiger partial charge in [0.15, 0.2) is 5.82 Å². The fourth-order valence-electron chi connectivity index (χ4n) is 3.61. The molecule has 1 aliphatic heterocycles. The lowest BCUT2D eigenvalue weighted by atomic mass is 9.95. The summed E-state index contributed by atoms with van der Waals surface area (Å²) in [6.45, 7) is 1.38. The molecular weight excluding hydrogens is 463 g/mol. The van der Waals surface area contributed by atoms with E-state index in [9.17, 15) is 9.18 Å². The van der Waals surface area contributed by atoms with Crippen molar-refractivity contribution in [3.05, 3.63) is 64.9 Å². The fourth-order valence-corrected chi connectivity index (χ4v) is 3.94. The first kappa shape index (κ1) is 21.2. The molecule has 160 valence electrons. The number of halogens is 2. The summed E-state index contributed by atoms with van der Waals surface area (Å²) >= 11 is 3.22. The fraction of sp³-hybridized carbons (Fsp3) is 0.261. The standard InChI is InChI=1S/C23H22BrFN4O2/c1-31-18-5-2-15(3-6-18)20-8-9-22(28-27-20)29-12-10-16(11-13-29)23(30)26-21-7-4-17(24)14-19(21)25/h2-9,14,16H,10-13H2,1H3,(H,26,30). The van der Waals surface area contributed by atoms with Gasteiger partial charge in [-0.05, 0) is 67.4 Å². The van der Waals surface area contributed by atoms with Crippen LogP contribution >= 0.6 is 15.9 Å². The summed E-state index contributed by atoms with van der Waals surface area (Å²) in [5.41, 5.74) is 1.96. The molecule has 1 amide bonds. The molecule has 0 saturated carbocycles. The van der Waals surface area contributed by atoms with Crippen LogP contribution in [-0.2, 0) is 4.79 Å². The summed E-state index contributed by atoms with van der Waals surface area (Å²) in [5.74, 6) is 0.818. The Morgan fingerprint density at radius 3 is 2.45 bits per heavy atom. The van der Waals surface area contributed by atoms with E-state index in [1.54, 1.807) is 19.2 Å². The zero-order chi connectivity index (χ0) is 21.8. The Morgan fingerprint density at radius 2 is 1.84 bits per heavy atom. The molecule has 3 aromatic rings. The first-order valence-electron chi connectivity index (χ1n) is 10.0. The van der Waals surface area contributed by atoms with Gasteiger partial charge in [0.1, 0.15) is 11.6 Å². The zero-order valence-electron chi connectivity index (χ0n) is 17.0. The third kappa shape index (κ3) is 5.02. The smallest absolute Gasteiger partial charge is 0.227 e. The van der Waals surface area contributed by atoms with Crippen LogP contribution in [-0.4, -0.2) is 36.3 Å². The number of hydrogen-bond acceptors (Lipinski definition) is 5.